The fraction of sp³-hybridized carbons (Fsp3) is 0.379. The molecule has 0 amide bonds. The van der Waals surface area contributed by atoms with Gasteiger partial charge in [-0.1, -0.05) is 23.4 Å². The molecule has 5 nitrogen and oxygen atoms in total. The zero-order valence-electron chi connectivity index (χ0n) is 21.0. The smallest absolute Gasteiger partial charge is 0.303 e. The van der Waals surface area contributed by atoms with Gasteiger partial charge < -0.3 is 9.84 Å². The molecular weight excluding hydrogens is 517 g/mol. The average molecular weight is 545 g/mol. The van der Waals surface area contributed by atoms with Crippen molar-refractivity contribution >= 4 is 28.5 Å². The van der Waals surface area contributed by atoms with Crippen LogP contribution in [0.3, 0.4) is 0 Å². The van der Waals surface area contributed by atoms with Gasteiger partial charge in [-0.15, -0.1) is 0 Å². The maximum atomic E-state index is 13.8. The molecule has 4 rings (SSSR count). The number of aromatic nitrogens is 1. The lowest BCUT2D eigenvalue weighted by molar-refractivity contribution is -0.140. The number of piperidine rings is 1. The third kappa shape index (κ3) is 6.58. The number of rotatable bonds is 8. The number of aliphatic carboxylic acids is 1. The summed E-state index contributed by atoms with van der Waals surface area (Å²) in [5, 5.41) is 11.1. The van der Waals surface area contributed by atoms with Crippen molar-refractivity contribution in [3.8, 4) is 17.6 Å². The summed E-state index contributed by atoms with van der Waals surface area (Å²) >= 11 is 6.50. The van der Waals surface area contributed by atoms with Crippen LogP contribution in [0.15, 0.2) is 36.5 Å². The first-order valence-electron chi connectivity index (χ1n) is 12.4. The Kier molecular flexibility index (Phi) is 8.80. The number of halogens is 4. The zero-order chi connectivity index (χ0) is 27.3. The molecule has 38 heavy (non-hydrogen) atoms. The highest BCUT2D eigenvalue weighted by molar-refractivity contribution is 6.32. The minimum absolute atomic E-state index is 0.0666. The van der Waals surface area contributed by atoms with Gasteiger partial charge >= 0.3 is 5.97 Å². The number of benzene rings is 2. The van der Waals surface area contributed by atoms with E-state index in [1.807, 2.05) is 23.1 Å². The summed E-state index contributed by atoms with van der Waals surface area (Å²) in [4.78, 5) is 18.2. The number of pyridine rings is 1. The van der Waals surface area contributed by atoms with Crippen LogP contribution >= 0.6 is 11.6 Å². The average Bonchev–Trinajstić information content (AvgIpc) is 2.87. The van der Waals surface area contributed by atoms with E-state index in [-0.39, 0.29) is 18.4 Å². The summed E-state index contributed by atoms with van der Waals surface area (Å²) in [6, 6.07) is 6.86. The third-order valence-electron chi connectivity index (χ3n) is 7.23. The molecule has 1 aliphatic heterocycles. The van der Waals surface area contributed by atoms with Gasteiger partial charge in [0.25, 0.3) is 0 Å². The Hall–Kier alpha value is -3.28. The van der Waals surface area contributed by atoms with Crippen molar-refractivity contribution < 1.29 is 27.8 Å². The van der Waals surface area contributed by atoms with E-state index in [0.29, 0.717) is 55.3 Å². The van der Waals surface area contributed by atoms with Gasteiger partial charge in [-0.2, -0.15) is 0 Å². The second-order valence-electron chi connectivity index (χ2n) is 9.71. The van der Waals surface area contributed by atoms with Gasteiger partial charge in [0, 0.05) is 23.7 Å². The molecule has 0 bridgehead atoms. The molecule has 1 N–H and O–H groups in total. The Morgan fingerprint density at radius 3 is 2.55 bits per heavy atom. The summed E-state index contributed by atoms with van der Waals surface area (Å²) in [5.74, 6) is 2.05. The standard InChI is InChI=1S/C29H28ClF3N2O3/c1-38-20-6-7-27-23(16-20)21(24(30)18-34-27)4-2-8-29(17-28(36)37)9-12-35(13-10-29)11-3-5-22-25(32)14-19(31)15-26(22)33/h6-7,14-16,18H,2,4,8-13,17H2,1H3,(H,36,37). The Morgan fingerprint density at radius 1 is 1.18 bits per heavy atom. The minimum atomic E-state index is -1.03. The molecule has 1 saturated heterocycles. The van der Waals surface area contributed by atoms with E-state index in [0.717, 1.165) is 29.3 Å². The number of carboxylic acids is 1. The first kappa shape index (κ1) is 27.7. The predicted octanol–water partition coefficient (Wildman–Crippen LogP) is 6.25. The molecule has 2 aromatic carbocycles. The summed E-state index contributed by atoms with van der Waals surface area (Å²) in [7, 11) is 1.60. The Bertz CT molecular complexity index is 1370. The molecule has 0 aliphatic carbocycles. The van der Waals surface area contributed by atoms with Gasteiger partial charge in [0.05, 0.1) is 36.2 Å². The molecule has 0 atom stereocenters. The number of carboxylic acid groups (broad SMARTS) is 1. The van der Waals surface area contributed by atoms with Crippen LogP contribution in [0, 0.1) is 34.7 Å². The van der Waals surface area contributed by atoms with Crippen LogP contribution in [-0.4, -0.2) is 47.7 Å². The van der Waals surface area contributed by atoms with E-state index in [9.17, 15) is 23.1 Å². The fourth-order valence-electron chi connectivity index (χ4n) is 5.15. The topological polar surface area (TPSA) is 62.7 Å². The van der Waals surface area contributed by atoms with Gasteiger partial charge in [-0.05, 0) is 74.4 Å². The number of hydrogen-bond acceptors (Lipinski definition) is 4. The summed E-state index contributed by atoms with van der Waals surface area (Å²) < 4.78 is 46.1. The maximum absolute atomic E-state index is 13.8. The highest BCUT2D eigenvalue weighted by Gasteiger charge is 2.36. The van der Waals surface area contributed by atoms with E-state index < -0.39 is 29.0 Å². The van der Waals surface area contributed by atoms with Crippen LogP contribution in [0.25, 0.3) is 10.9 Å². The van der Waals surface area contributed by atoms with Crippen LogP contribution in [0.5, 0.6) is 5.75 Å². The number of nitrogens with zero attached hydrogens (tertiary/aromatic N) is 2. The van der Waals surface area contributed by atoms with Gasteiger partial charge in [0.2, 0.25) is 0 Å². The lowest BCUT2D eigenvalue weighted by atomic mass is 9.72. The molecule has 0 radical (unpaired) electrons. The van der Waals surface area contributed by atoms with Gasteiger partial charge in [0.15, 0.2) is 0 Å². The highest BCUT2D eigenvalue weighted by atomic mass is 35.5. The summed E-state index contributed by atoms with van der Waals surface area (Å²) in [6.45, 7) is 1.51. The SMILES string of the molecule is COc1ccc2ncc(Cl)c(CCCC3(CC(=O)O)CCN(CC#Cc4c(F)cc(F)cc4F)CC3)c2c1. The molecular formula is C29H28ClF3N2O3. The fourth-order valence-corrected chi connectivity index (χ4v) is 5.39. The molecule has 3 aromatic rings. The third-order valence-corrected chi connectivity index (χ3v) is 7.56. The molecule has 1 aliphatic rings. The Morgan fingerprint density at radius 2 is 1.89 bits per heavy atom. The van der Waals surface area contributed by atoms with Crippen LogP contribution in [-0.2, 0) is 11.2 Å². The highest BCUT2D eigenvalue weighted by Crippen LogP contribution is 2.40. The number of fused-ring (bicyclic) bond motifs is 1. The van der Waals surface area contributed by atoms with Crippen LogP contribution in [0.2, 0.25) is 5.02 Å². The zero-order valence-corrected chi connectivity index (χ0v) is 21.8. The van der Waals surface area contributed by atoms with Crippen LogP contribution in [0.4, 0.5) is 13.2 Å². The second-order valence-corrected chi connectivity index (χ2v) is 10.1. The molecule has 9 heteroatoms. The quantitative estimate of drug-likeness (QED) is 0.340. The number of aryl methyl sites for hydroxylation is 1. The monoisotopic (exact) mass is 544 g/mol. The molecule has 1 aromatic heterocycles. The minimum Gasteiger partial charge on any atom is -0.497 e. The molecule has 200 valence electrons. The molecule has 0 unspecified atom stereocenters. The number of hydrogen-bond donors (Lipinski definition) is 1. The maximum Gasteiger partial charge on any atom is 0.303 e. The number of carbonyl (C=O) groups is 1. The van der Waals surface area contributed by atoms with Crippen molar-refractivity contribution in [2.24, 2.45) is 5.41 Å². The Labute approximate surface area is 224 Å². The van der Waals surface area contributed by atoms with Crippen molar-refractivity contribution in [3.05, 3.63) is 70.1 Å². The van der Waals surface area contributed by atoms with E-state index in [4.69, 9.17) is 16.3 Å². The van der Waals surface area contributed by atoms with Gasteiger partial charge in [0.1, 0.15) is 23.2 Å². The van der Waals surface area contributed by atoms with Crippen molar-refractivity contribution in [1.82, 2.24) is 9.88 Å². The number of likely N-dealkylation sites (tertiary alicyclic amines) is 1. The van der Waals surface area contributed by atoms with Crippen molar-refractivity contribution in [2.75, 3.05) is 26.7 Å². The molecule has 0 saturated carbocycles. The van der Waals surface area contributed by atoms with Crippen LogP contribution < -0.4 is 4.74 Å². The first-order chi connectivity index (χ1) is 18.2. The van der Waals surface area contributed by atoms with Crippen molar-refractivity contribution in [2.45, 2.75) is 38.5 Å². The molecule has 1 fully saturated rings. The Balaban J connectivity index is 1.40. The number of methoxy groups -OCH3 is 1. The van der Waals surface area contributed by atoms with E-state index >= 15 is 0 Å². The van der Waals surface area contributed by atoms with Gasteiger partial charge in [-0.25, -0.2) is 13.2 Å². The van der Waals surface area contributed by atoms with Gasteiger partial charge in [-0.3, -0.25) is 14.7 Å². The van der Waals surface area contributed by atoms with Crippen molar-refractivity contribution in [1.29, 1.82) is 0 Å². The van der Waals surface area contributed by atoms with Crippen molar-refractivity contribution in [3.63, 3.8) is 0 Å². The predicted molar refractivity (Wildman–Crippen MR) is 140 cm³/mol. The number of ether oxygens (including phenoxy) is 1. The summed E-state index contributed by atoms with van der Waals surface area (Å²) in [6.07, 6.45) is 5.19. The summed E-state index contributed by atoms with van der Waals surface area (Å²) in [5.41, 5.74) is 0.968. The normalized spacial score (nSPS) is 15.2. The van der Waals surface area contributed by atoms with Crippen LogP contribution in [0.1, 0.15) is 43.2 Å². The molecule has 0 spiro atoms. The lowest BCUT2D eigenvalue weighted by Crippen LogP contribution is -2.41. The second kappa shape index (κ2) is 12.1. The van der Waals surface area contributed by atoms with E-state index in [2.05, 4.69) is 16.8 Å². The molecule has 2 heterocycles. The van der Waals surface area contributed by atoms with E-state index in [1.54, 1.807) is 13.3 Å². The lowest BCUT2D eigenvalue weighted by Gasteiger charge is -2.40. The largest absolute Gasteiger partial charge is 0.497 e. The first-order valence-corrected chi connectivity index (χ1v) is 12.8. The van der Waals surface area contributed by atoms with E-state index in [1.165, 1.54) is 0 Å².